The van der Waals surface area contributed by atoms with E-state index in [-0.39, 0.29) is 29.7 Å². The van der Waals surface area contributed by atoms with Gasteiger partial charge in [-0.1, -0.05) is 25.1 Å². The number of nitrogens with zero attached hydrogens (tertiary/aromatic N) is 2. The lowest BCUT2D eigenvalue weighted by molar-refractivity contribution is 0.353. The zero-order valence-electron chi connectivity index (χ0n) is 17.8. The fraction of sp³-hybridized carbons (Fsp3) is 0.571. The Morgan fingerprint density at radius 1 is 1.28 bits per heavy atom. The van der Waals surface area contributed by atoms with E-state index in [9.17, 15) is 8.42 Å². The van der Waals surface area contributed by atoms with Crippen molar-refractivity contribution in [3.8, 4) is 0 Å². The number of hydrogen-bond acceptors (Lipinski definition) is 3. The fourth-order valence-corrected chi connectivity index (χ4v) is 5.18. The maximum Gasteiger partial charge on any atom is 0.194 e. The summed E-state index contributed by atoms with van der Waals surface area (Å²) < 4.78 is 23.8. The van der Waals surface area contributed by atoms with Crippen LogP contribution >= 0.6 is 24.0 Å². The number of rotatable bonds is 5. The molecule has 3 rings (SSSR count). The van der Waals surface area contributed by atoms with Gasteiger partial charge < -0.3 is 15.2 Å². The van der Waals surface area contributed by atoms with E-state index < -0.39 is 14.6 Å². The number of aryl methyl sites for hydroxylation is 1. The van der Waals surface area contributed by atoms with Gasteiger partial charge in [0.1, 0.15) is 0 Å². The van der Waals surface area contributed by atoms with Crippen molar-refractivity contribution >= 4 is 50.7 Å². The molecule has 0 bridgehead atoms. The molecule has 6 nitrogen and oxygen atoms in total. The summed E-state index contributed by atoms with van der Waals surface area (Å²) in [5.74, 6) is 0.978. The molecule has 1 aromatic heterocycles. The minimum absolute atomic E-state index is 0. The lowest BCUT2D eigenvalue weighted by Crippen LogP contribution is -2.57. The van der Waals surface area contributed by atoms with Crippen molar-refractivity contribution in [1.29, 1.82) is 0 Å². The van der Waals surface area contributed by atoms with E-state index in [1.807, 2.05) is 6.92 Å². The molecule has 1 aliphatic heterocycles. The molecule has 1 aliphatic rings. The number of halogens is 1. The molecular weight excluding hydrogens is 499 g/mol. The molecule has 0 unspecified atom stereocenters. The van der Waals surface area contributed by atoms with Crippen molar-refractivity contribution in [3.63, 3.8) is 0 Å². The highest BCUT2D eigenvalue weighted by Gasteiger charge is 2.40. The van der Waals surface area contributed by atoms with Gasteiger partial charge in [0.15, 0.2) is 15.8 Å². The smallest absolute Gasteiger partial charge is 0.194 e. The third-order valence-electron chi connectivity index (χ3n) is 5.59. The number of benzene rings is 1. The third-order valence-corrected chi connectivity index (χ3v) is 8.12. The number of aliphatic imine (C=N–C) groups is 1. The Kier molecular flexibility index (Phi) is 8.00. The lowest BCUT2D eigenvalue weighted by atomic mass is 10.1. The second-order valence-corrected chi connectivity index (χ2v) is 10.7. The number of guanidine groups is 1. The van der Waals surface area contributed by atoms with Crippen LogP contribution in [0, 0.1) is 0 Å². The molecule has 1 saturated heterocycles. The molecule has 2 aromatic rings. The van der Waals surface area contributed by atoms with Gasteiger partial charge in [-0.05, 0) is 44.7 Å². The summed E-state index contributed by atoms with van der Waals surface area (Å²) in [7, 11) is -3.06. The van der Waals surface area contributed by atoms with Crippen molar-refractivity contribution in [2.24, 2.45) is 4.99 Å². The lowest BCUT2D eigenvalue weighted by Gasteiger charge is -2.39. The summed E-state index contributed by atoms with van der Waals surface area (Å²) in [4.78, 5) is 10.3. The largest absolute Gasteiger partial charge is 0.361 e. The zero-order chi connectivity index (χ0) is 20.4. The van der Waals surface area contributed by atoms with Crippen LogP contribution < -0.4 is 5.32 Å². The van der Waals surface area contributed by atoms with Crippen LogP contribution in [0.25, 0.3) is 10.9 Å². The molecule has 2 N–H and O–H groups in total. The van der Waals surface area contributed by atoms with Crippen molar-refractivity contribution < 1.29 is 8.42 Å². The van der Waals surface area contributed by atoms with E-state index in [0.29, 0.717) is 19.6 Å². The molecule has 0 atom stereocenters. The first-order valence-corrected chi connectivity index (χ1v) is 11.8. The zero-order valence-corrected chi connectivity index (χ0v) is 20.9. The highest BCUT2D eigenvalue weighted by Crippen LogP contribution is 2.24. The second kappa shape index (κ2) is 9.68. The molecule has 0 spiro atoms. The third kappa shape index (κ3) is 5.07. The fourth-order valence-electron chi connectivity index (χ4n) is 3.81. The number of hydrogen-bond donors (Lipinski definition) is 2. The average Bonchev–Trinajstić information content (AvgIpc) is 3.06. The van der Waals surface area contributed by atoms with Gasteiger partial charge >= 0.3 is 0 Å². The predicted molar refractivity (Wildman–Crippen MR) is 132 cm³/mol. The van der Waals surface area contributed by atoms with E-state index in [0.717, 1.165) is 25.3 Å². The molecule has 0 radical (unpaired) electrons. The number of fused-ring (bicyclic) bond motifs is 1. The van der Waals surface area contributed by atoms with E-state index in [4.69, 9.17) is 4.99 Å². The maximum atomic E-state index is 12.3. The Hall–Kier alpha value is -1.29. The van der Waals surface area contributed by atoms with Crippen LogP contribution in [0.3, 0.4) is 0 Å². The number of aromatic amines is 1. The van der Waals surface area contributed by atoms with Crippen LogP contribution in [0.4, 0.5) is 0 Å². The van der Waals surface area contributed by atoms with Gasteiger partial charge in [-0.15, -0.1) is 24.0 Å². The molecule has 0 aliphatic carbocycles. The Labute approximate surface area is 191 Å². The van der Waals surface area contributed by atoms with Gasteiger partial charge in [0.05, 0.1) is 10.5 Å². The highest BCUT2D eigenvalue weighted by molar-refractivity contribution is 14.0. The number of aromatic nitrogens is 1. The molecule has 1 fully saturated rings. The molecular formula is C21H33IN4O2S. The van der Waals surface area contributed by atoms with Crippen LogP contribution in [-0.4, -0.2) is 60.9 Å². The minimum Gasteiger partial charge on any atom is -0.361 e. The summed E-state index contributed by atoms with van der Waals surface area (Å²) in [6.45, 7) is 10.2. The first-order valence-electron chi connectivity index (χ1n) is 10.1. The van der Waals surface area contributed by atoms with Crippen molar-refractivity contribution in [1.82, 2.24) is 15.2 Å². The minimum atomic E-state index is -3.06. The maximum absolute atomic E-state index is 12.3. The molecule has 162 valence electrons. The van der Waals surface area contributed by atoms with E-state index in [1.165, 1.54) is 22.0 Å². The molecule has 8 heteroatoms. The Balaban J connectivity index is 0.00000300. The number of nitrogens with one attached hydrogen (secondary N) is 2. The quantitative estimate of drug-likeness (QED) is 0.352. The summed E-state index contributed by atoms with van der Waals surface area (Å²) in [5, 5.41) is 4.59. The van der Waals surface area contributed by atoms with E-state index in [2.05, 4.69) is 46.5 Å². The molecule has 2 heterocycles. The normalized spacial score (nSPS) is 18.5. The van der Waals surface area contributed by atoms with Gasteiger partial charge in [-0.25, -0.2) is 8.42 Å². The summed E-state index contributed by atoms with van der Waals surface area (Å²) in [5.41, 5.74) is 3.82. The summed E-state index contributed by atoms with van der Waals surface area (Å²) in [6, 6.07) is 6.44. The molecule has 0 saturated carbocycles. The van der Waals surface area contributed by atoms with Crippen molar-refractivity contribution in [2.45, 2.75) is 45.3 Å². The van der Waals surface area contributed by atoms with Crippen molar-refractivity contribution in [3.05, 3.63) is 35.5 Å². The topological polar surface area (TPSA) is 77.6 Å². The van der Waals surface area contributed by atoms with Crippen molar-refractivity contribution in [2.75, 3.05) is 31.9 Å². The van der Waals surface area contributed by atoms with Crippen LogP contribution in [0.5, 0.6) is 0 Å². The Morgan fingerprint density at radius 2 is 2.03 bits per heavy atom. The van der Waals surface area contributed by atoms with Gasteiger partial charge in [-0.2, -0.15) is 0 Å². The molecule has 29 heavy (non-hydrogen) atoms. The molecule has 0 amide bonds. The standard InChI is InChI=1S/C21H32N4O2S.HI/c1-5-16-8-7-9-18-17(14-24-19(16)18)10-11-23-20(22-6-2)25-12-13-28(26,27)21(3,4)15-25;/h7-9,14,24H,5-6,10-13,15H2,1-4H3,(H,22,23);1H. The van der Waals surface area contributed by atoms with Crippen LogP contribution in [0.2, 0.25) is 0 Å². The van der Waals surface area contributed by atoms with Gasteiger partial charge in [0, 0.05) is 43.3 Å². The van der Waals surface area contributed by atoms with Gasteiger partial charge in [0.2, 0.25) is 0 Å². The SMILES string of the molecule is CCNC(=NCCc1c[nH]c2c(CC)cccc12)N1CCS(=O)(=O)C(C)(C)C1.I. The monoisotopic (exact) mass is 532 g/mol. The number of sulfone groups is 1. The van der Waals surface area contributed by atoms with E-state index in [1.54, 1.807) is 13.8 Å². The average molecular weight is 532 g/mol. The predicted octanol–water partition coefficient (Wildman–Crippen LogP) is 3.37. The van der Waals surface area contributed by atoms with Gasteiger partial charge in [0.25, 0.3) is 0 Å². The first-order chi connectivity index (χ1) is 13.3. The van der Waals surface area contributed by atoms with Crippen LogP contribution in [0.15, 0.2) is 29.4 Å². The highest BCUT2D eigenvalue weighted by atomic mass is 127. The number of para-hydroxylation sites is 1. The first kappa shape index (κ1) is 24.0. The summed E-state index contributed by atoms with van der Waals surface area (Å²) in [6.07, 6.45) is 3.94. The Morgan fingerprint density at radius 3 is 2.69 bits per heavy atom. The van der Waals surface area contributed by atoms with Crippen LogP contribution in [0.1, 0.15) is 38.8 Å². The summed E-state index contributed by atoms with van der Waals surface area (Å²) >= 11 is 0. The Bertz CT molecular complexity index is 966. The second-order valence-electron chi connectivity index (χ2n) is 7.99. The van der Waals surface area contributed by atoms with E-state index >= 15 is 0 Å². The van der Waals surface area contributed by atoms with Crippen LogP contribution in [-0.2, 0) is 22.7 Å². The van der Waals surface area contributed by atoms with Gasteiger partial charge in [-0.3, -0.25) is 4.99 Å². The number of H-pyrrole nitrogens is 1. The molecule has 1 aromatic carbocycles.